The summed E-state index contributed by atoms with van der Waals surface area (Å²) in [4.78, 5) is 12.3. The van der Waals surface area contributed by atoms with Gasteiger partial charge in [0.15, 0.2) is 0 Å². The van der Waals surface area contributed by atoms with E-state index in [0.717, 1.165) is 27.4 Å². The lowest BCUT2D eigenvalue weighted by atomic mass is 10.1. The van der Waals surface area contributed by atoms with Gasteiger partial charge in [-0.05, 0) is 54.8 Å². The van der Waals surface area contributed by atoms with Crippen molar-refractivity contribution in [2.24, 2.45) is 5.10 Å². The second-order valence-electron chi connectivity index (χ2n) is 6.05. The first-order chi connectivity index (χ1) is 13.3. The van der Waals surface area contributed by atoms with Crippen molar-refractivity contribution in [3.63, 3.8) is 0 Å². The molecule has 2 aromatic rings. The van der Waals surface area contributed by atoms with Crippen molar-refractivity contribution in [3.05, 3.63) is 59.7 Å². The van der Waals surface area contributed by atoms with Crippen LogP contribution in [0.5, 0.6) is 5.75 Å². The standard InChI is InChI=1S/C20H25N3O4S/c1-4-17-8-6-7-9-19(17)23(28(3,25)26)15-20(24)22-21-14-16-10-12-18(13-11-16)27-5-2/h6-14H,4-5,15H2,1-3H3,(H,22,24)/b21-14-. The number of amides is 1. The molecule has 0 radical (unpaired) electrons. The van der Waals surface area contributed by atoms with Gasteiger partial charge in [0, 0.05) is 0 Å². The molecule has 150 valence electrons. The molecule has 0 aliphatic heterocycles. The minimum Gasteiger partial charge on any atom is -0.494 e. The van der Waals surface area contributed by atoms with E-state index in [9.17, 15) is 13.2 Å². The maximum atomic E-state index is 12.3. The van der Waals surface area contributed by atoms with Crippen LogP contribution in [0.15, 0.2) is 53.6 Å². The molecule has 2 aromatic carbocycles. The van der Waals surface area contributed by atoms with E-state index in [1.54, 1.807) is 36.4 Å². The number of anilines is 1. The Hall–Kier alpha value is -2.87. The summed E-state index contributed by atoms with van der Waals surface area (Å²) in [7, 11) is -3.63. The molecule has 2 rings (SSSR count). The van der Waals surface area contributed by atoms with Gasteiger partial charge >= 0.3 is 0 Å². The lowest BCUT2D eigenvalue weighted by molar-refractivity contribution is -0.119. The zero-order valence-electron chi connectivity index (χ0n) is 16.3. The Balaban J connectivity index is 2.06. The van der Waals surface area contributed by atoms with Gasteiger partial charge in [-0.2, -0.15) is 5.10 Å². The van der Waals surface area contributed by atoms with Gasteiger partial charge in [-0.15, -0.1) is 0 Å². The summed E-state index contributed by atoms with van der Waals surface area (Å²) in [6.07, 6.45) is 3.22. The molecule has 0 atom stereocenters. The molecule has 0 saturated heterocycles. The van der Waals surface area contributed by atoms with Gasteiger partial charge in [0.25, 0.3) is 5.91 Å². The van der Waals surface area contributed by atoms with Crippen molar-refractivity contribution in [1.29, 1.82) is 0 Å². The number of rotatable bonds is 9. The van der Waals surface area contributed by atoms with Crippen molar-refractivity contribution in [2.45, 2.75) is 20.3 Å². The number of para-hydroxylation sites is 1. The van der Waals surface area contributed by atoms with Gasteiger partial charge in [0.2, 0.25) is 10.0 Å². The van der Waals surface area contributed by atoms with E-state index < -0.39 is 15.9 Å². The first-order valence-corrected chi connectivity index (χ1v) is 10.8. The number of aryl methyl sites for hydroxylation is 1. The second-order valence-corrected chi connectivity index (χ2v) is 7.95. The van der Waals surface area contributed by atoms with Gasteiger partial charge in [0.1, 0.15) is 12.3 Å². The van der Waals surface area contributed by atoms with Gasteiger partial charge in [-0.1, -0.05) is 25.1 Å². The molecule has 1 N–H and O–H groups in total. The molecular formula is C20H25N3O4S. The summed E-state index contributed by atoms with van der Waals surface area (Å²) in [6, 6.07) is 14.3. The summed E-state index contributed by atoms with van der Waals surface area (Å²) in [5.41, 5.74) is 4.50. The van der Waals surface area contributed by atoms with Crippen molar-refractivity contribution in [1.82, 2.24) is 5.43 Å². The molecule has 0 spiro atoms. The van der Waals surface area contributed by atoms with Crippen molar-refractivity contribution < 1.29 is 17.9 Å². The number of benzene rings is 2. The van der Waals surface area contributed by atoms with E-state index in [1.807, 2.05) is 26.0 Å². The lowest BCUT2D eigenvalue weighted by Crippen LogP contribution is -2.39. The summed E-state index contributed by atoms with van der Waals surface area (Å²) in [5, 5.41) is 3.90. The largest absolute Gasteiger partial charge is 0.494 e. The Kier molecular flexibility index (Phi) is 7.57. The van der Waals surface area contributed by atoms with E-state index in [-0.39, 0.29) is 6.54 Å². The molecule has 0 aromatic heterocycles. The Bertz CT molecular complexity index is 925. The van der Waals surface area contributed by atoms with Crippen LogP contribution in [0.1, 0.15) is 25.0 Å². The van der Waals surface area contributed by atoms with E-state index >= 15 is 0 Å². The SMILES string of the molecule is CCOc1ccc(/C=N\NC(=O)CN(c2ccccc2CC)S(C)(=O)=O)cc1. The smallest absolute Gasteiger partial charge is 0.260 e. The van der Waals surface area contributed by atoms with Crippen LogP contribution in [0.4, 0.5) is 5.69 Å². The molecule has 0 fully saturated rings. The number of hydrogen-bond donors (Lipinski definition) is 1. The molecule has 8 heteroatoms. The van der Waals surface area contributed by atoms with Gasteiger partial charge in [-0.25, -0.2) is 13.8 Å². The average Bonchev–Trinajstić information content (AvgIpc) is 2.67. The van der Waals surface area contributed by atoms with Crippen LogP contribution in [0.2, 0.25) is 0 Å². The Morgan fingerprint density at radius 2 is 1.82 bits per heavy atom. The van der Waals surface area contributed by atoms with Crippen LogP contribution >= 0.6 is 0 Å². The molecule has 0 unspecified atom stereocenters. The number of carbonyl (C=O) groups is 1. The van der Waals surface area contributed by atoms with Crippen LogP contribution in [0, 0.1) is 0 Å². The number of nitrogens with zero attached hydrogens (tertiary/aromatic N) is 2. The predicted octanol–water partition coefficient (Wildman–Crippen LogP) is 2.56. The average molecular weight is 404 g/mol. The molecule has 0 heterocycles. The lowest BCUT2D eigenvalue weighted by Gasteiger charge is -2.23. The summed E-state index contributed by atoms with van der Waals surface area (Å²) in [6.45, 7) is 4.07. The molecule has 0 saturated carbocycles. The van der Waals surface area contributed by atoms with Crippen molar-refractivity contribution >= 4 is 27.8 Å². The Morgan fingerprint density at radius 1 is 1.14 bits per heavy atom. The third kappa shape index (κ3) is 6.09. The van der Waals surface area contributed by atoms with Crippen molar-refractivity contribution in [3.8, 4) is 5.75 Å². The minimum absolute atomic E-state index is 0.351. The summed E-state index contributed by atoms with van der Waals surface area (Å²) >= 11 is 0. The summed E-state index contributed by atoms with van der Waals surface area (Å²) in [5.74, 6) is 0.223. The number of carbonyl (C=O) groups excluding carboxylic acids is 1. The Labute approximate surface area is 166 Å². The van der Waals surface area contributed by atoms with Gasteiger partial charge in [-0.3, -0.25) is 9.10 Å². The fourth-order valence-electron chi connectivity index (χ4n) is 2.60. The van der Waals surface area contributed by atoms with E-state index in [4.69, 9.17) is 4.74 Å². The van der Waals surface area contributed by atoms with E-state index in [1.165, 1.54) is 6.21 Å². The van der Waals surface area contributed by atoms with Crippen LogP contribution in [0.3, 0.4) is 0 Å². The van der Waals surface area contributed by atoms with Crippen LogP contribution < -0.4 is 14.5 Å². The maximum absolute atomic E-state index is 12.3. The van der Waals surface area contributed by atoms with Gasteiger partial charge < -0.3 is 4.74 Å². The molecule has 0 bridgehead atoms. The molecule has 0 aliphatic rings. The second kappa shape index (κ2) is 9.89. The van der Waals surface area contributed by atoms with Crippen LogP contribution in [-0.4, -0.2) is 39.9 Å². The molecule has 7 nitrogen and oxygen atoms in total. The topological polar surface area (TPSA) is 88.1 Å². The highest BCUT2D eigenvalue weighted by molar-refractivity contribution is 7.92. The fraction of sp³-hybridized carbons (Fsp3) is 0.300. The highest BCUT2D eigenvalue weighted by atomic mass is 32.2. The zero-order chi connectivity index (χ0) is 20.6. The predicted molar refractivity (Wildman–Crippen MR) is 111 cm³/mol. The van der Waals surface area contributed by atoms with Crippen molar-refractivity contribution in [2.75, 3.05) is 23.7 Å². The first kappa shape index (κ1) is 21.4. The first-order valence-electron chi connectivity index (χ1n) is 8.95. The molecule has 1 amide bonds. The number of hydrogen-bond acceptors (Lipinski definition) is 5. The summed E-state index contributed by atoms with van der Waals surface area (Å²) < 4.78 is 30.9. The molecule has 0 aliphatic carbocycles. The number of ether oxygens (including phenoxy) is 1. The van der Waals surface area contributed by atoms with E-state index in [0.29, 0.717) is 18.7 Å². The number of nitrogens with one attached hydrogen (secondary N) is 1. The normalized spacial score (nSPS) is 11.4. The molecular weight excluding hydrogens is 378 g/mol. The zero-order valence-corrected chi connectivity index (χ0v) is 17.1. The van der Waals surface area contributed by atoms with Gasteiger partial charge in [0.05, 0.1) is 24.8 Å². The third-order valence-corrected chi connectivity index (χ3v) is 5.05. The van der Waals surface area contributed by atoms with Crippen LogP contribution in [-0.2, 0) is 21.2 Å². The monoisotopic (exact) mass is 403 g/mol. The number of sulfonamides is 1. The van der Waals surface area contributed by atoms with E-state index in [2.05, 4.69) is 10.5 Å². The third-order valence-electron chi connectivity index (χ3n) is 3.92. The number of hydrazone groups is 1. The minimum atomic E-state index is -3.63. The molecule has 28 heavy (non-hydrogen) atoms. The highest BCUT2D eigenvalue weighted by Crippen LogP contribution is 2.23. The quantitative estimate of drug-likeness (QED) is 0.515. The fourth-order valence-corrected chi connectivity index (χ4v) is 3.48. The Morgan fingerprint density at radius 3 is 2.43 bits per heavy atom. The highest BCUT2D eigenvalue weighted by Gasteiger charge is 2.22. The van der Waals surface area contributed by atoms with Crippen LogP contribution in [0.25, 0.3) is 0 Å². The maximum Gasteiger partial charge on any atom is 0.260 e.